The first-order valence-corrected chi connectivity index (χ1v) is 6.98. The van der Waals surface area contributed by atoms with Crippen LogP contribution in [-0.2, 0) is 6.54 Å². The van der Waals surface area contributed by atoms with E-state index in [1.165, 1.54) is 0 Å². The zero-order valence-corrected chi connectivity index (χ0v) is 12.8. The van der Waals surface area contributed by atoms with Crippen LogP contribution in [0.1, 0.15) is 23.2 Å². The number of hydrogen-bond donors (Lipinski definition) is 1. The molecular weight excluding hydrogens is 288 g/mol. The molecule has 110 valence electrons. The van der Waals surface area contributed by atoms with Crippen LogP contribution in [0.3, 0.4) is 0 Å². The number of hydrogen-bond acceptors (Lipinski definition) is 3. The van der Waals surface area contributed by atoms with E-state index in [1.54, 1.807) is 13.3 Å². The Bertz CT molecular complexity index is 683. The van der Waals surface area contributed by atoms with Gasteiger partial charge in [-0.25, -0.2) is 0 Å². The van der Waals surface area contributed by atoms with E-state index < -0.39 is 0 Å². The van der Waals surface area contributed by atoms with Gasteiger partial charge in [-0.15, -0.1) is 0 Å². The highest BCUT2D eigenvalue weighted by atomic mass is 35.5. The molecule has 4 nitrogen and oxygen atoms in total. The van der Waals surface area contributed by atoms with Crippen molar-refractivity contribution in [3.8, 4) is 17.6 Å². The van der Waals surface area contributed by atoms with Gasteiger partial charge in [-0.3, -0.25) is 4.68 Å². The lowest BCUT2D eigenvalue weighted by molar-refractivity contribution is 0.305. The van der Waals surface area contributed by atoms with E-state index in [0.29, 0.717) is 18.0 Å². The molecule has 1 N–H and O–H groups in total. The fourth-order valence-corrected chi connectivity index (χ4v) is 2.06. The van der Waals surface area contributed by atoms with Crippen molar-refractivity contribution >= 4 is 11.6 Å². The number of aliphatic hydroxyl groups excluding tert-OH is 1. The fourth-order valence-electron chi connectivity index (χ4n) is 1.92. The normalized spacial score (nSPS) is 10.1. The van der Waals surface area contributed by atoms with Gasteiger partial charge >= 0.3 is 0 Å². The summed E-state index contributed by atoms with van der Waals surface area (Å²) in [6.45, 7) is 2.61. The number of aromatic nitrogens is 2. The lowest BCUT2D eigenvalue weighted by atomic mass is 10.1. The Kier molecular flexibility index (Phi) is 5.26. The van der Waals surface area contributed by atoms with E-state index in [4.69, 9.17) is 21.4 Å². The van der Waals surface area contributed by atoms with Gasteiger partial charge < -0.3 is 9.84 Å². The maximum atomic E-state index is 8.80. The van der Waals surface area contributed by atoms with Crippen LogP contribution in [0.15, 0.2) is 24.4 Å². The maximum Gasteiger partial charge on any atom is 0.134 e. The number of aliphatic hydroxyl groups is 1. The van der Waals surface area contributed by atoms with Gasteiger partial charge in [0.25, 0.3) is 0 Å². The van der Waals surface area contributed by atoms with Crippen LogP contribution < -0.4 is 4.74 Å². The average Bonchev–Trinajstić information content (AvgIpc) is 2.80. The Morgan fingerprint density at radius 2 is 2.24 bits per heavy atom. The third-order valence-corrected chi connectivity index (χ3v) is 3.47. The second kappa shape index (κ2) is 7.16. The van der Waals surface area contributed by atoms with E-state index in [9.17, 15) is 0 Å². The summed E-state index contributed by atoms with van der Waals surface area (Å²) in [5.41, 5.74) is 2.80. The van der Waals surface area contributed by atoms with Crippen LogP contribution in [0.5, 0.6) is 5.75 Å². The summed E-state index contributed by atoms with van der Waals surface area (Å²) < 4.78 is 7.14. The quantitative estimate of drug-likeness (QED) is 0.883. The minimum atomic E-state index is 0.0555. The summed E-state index contributed by atoms with van der Waals surface area (Å²) in [4.78, 5) is 0. The van der Waals surface area contributed by atoms with Gasteiger partial charge in [-0.1, -0.05) is 29.5 Å². The predicted molar refractivity (Wildman–Crippen MR) is 82.7 cm³/mol. The summed E-state index contributed by atoms with van der Waals surface area (Å²) in [5.74, 6) is 6.65. The summed E-state index contributed by atoms with van der Waals surface area (Å²) in [7, 11) is 1.61. The smallest absolute Gasteiger partial charge is 0.134 e. The summed E-state index contributed by atoms with van der Waals surface area (Å²) in [6.07, 6.45) is 2.09. The molecule has 0 bridgehead atoms. The molecule has 2 rings (SSSR count). The first kappa shape index (κ1) is 15.4. The van der Waals surface area contributed by atoms with Crippen molar-refractivity contribution in [3.63, 3.8) is 0 Å². The molecule has 0 radical (unpaired) electrons. The zero-order valence-electron chi connectivity index (χ0n) is 12.1. The molecule has 2 aromatic rings. The summed E-state index contributed by atoms with van der Waals surface area (Å²) in [6, 6.07) is 5.84. The molecule has 5 heteroatoms. The molecule has 0 aliphatic carbocycles. The highest BCUT2D eigenvalue weighted by Gasteiger charge is 2.07. The van der Waals surface area contributed by atoms with Crippen LogP contribution >= 0.6 is 11.6 Å². The Labute approximate surface area is 129 Å². The number of ether oxygens (including phenoxy) is 1. The Morgan fingerprint density at radius 3 is 2.86 bits per heavy atom. The van der Waals surface area contributed by atoms with Gasteiger partial charge in [0.2, 0.25) is 0 Å². The molecule has 0 atom stereocenters. The predicted octanol–water partition coefficient (Wildman–Crippen LogP) is 2.64. The third-order valence-electron chi connectivity index (χ3n) is 3.10. The van der Waals surface area contributed by atoms with E-state index >= 15 is 0 Å². The van der Waals surface area contributed by atoms with Gasteiger partial charge in [0.05, 0.1) is 42.7 Å². The second-order valence-electron chi connectivity index (χ2n) is 4.55. The number of rotatable bonds is 4. The van der Waals surface area contributed by atoms with Crippen LogP contribution in [-0.4, -0.2) is 28.6 Å². The molecule has 21 heavy (non-hydrogen) atoms. The molecular formula is C16H17ClN2O2. The van der Waals surface area contributed by atoms with E-state index in [2.05, 4.69) is 16.9 Å². The molecule has 0 aliphatic rings. The van der Waals surface area contributed by atoms with Crippen LogP contribution in [0, 0.1) is 18.8 Å². The number of nitrogens with zero attached hydrogens (tertiary/aromatic N) is 2. The minimum absolute atomic E-state index is 0.0555. The van der Waals surface area contributed by atoms with Gasteiger partial charge in [0.15, 0.2) is 0 Å². The largest absolute Gasteiger partial charge is 0.495 e. The lowest BCUT2D eigenvalue weighted by Gasteiger charge is -2.08. The molecule has 0 amide bonds. The Balaban J connectivity index is 2.27. The van der Waals surface area contributed by atoms with Gasteiger partial charge in [0, 0.05) is 6.42 Å². The minimum Gasteiger partial charge on any atom is -0.495 e. The lowest BCUT2D eigenvalue weighted by Crippen LogP contribution is -2.04. The second-order valence-corrected chi connectivity index (χ2v) is 4.95. The highest BCUT2D eigenvalue weighted by Crippen LogP contribution is 2.21. The van der Waals surface area contributed by atoms with Crippen LogP contribution in [0.4, 0.5) is 0 Å². The Morgan fingerprint density at radius 1 is 1.43 bits per heavy atom. The van der Waals surface area contributed by atoms with Crippen molar-refractivity contribution in [2.75, 3.05) is 13.7 Å². The highest BCUT2D eigenvalue weighted by molar-refractivity contribution is 6.31. The molecule has 0 unspecified atom stereocenters. The SMILES string of the molecule is COc1ccc(Cn2ncc(Cl)c2C)cc1C#CCCO. The fraction of sp³-hybridized carbons (Fsp3) is 0.312. The van der Waals surface area contributed by atoms with E-state index in [1.807, 2.05) is 29.8 Å². The molecule has 1 heterocycles. The van der Waals surface area contributed by atoms with Crippen molar-refractivity contribution in [1.29, 1.82) is 0 Å². The van der Waals surface area contributed by atoms with E-state index in [0.717, 1.165) is 22.6 Å². The van der Waals surface area contributed by atoms with Crippen molar-refractivity contribution in [2.45, 2.75) is 19.9 Å². The molecule has 1 aromatic carbocycles. The van der Waals surface area contributed by atoms with Crippen molar-refractivity contribution in [2.24, 2.45) is 0 Å². The standard InChI is InChI=1S/C16H17ClN2O2/c1-12-15(17)10-18-19(12)11-13-6-7-16(21-2)14(9-13)5-3-4-8-20/h6-7,9-10,20H,4,8,11H2,1-2H3. The number of methoxy groups -OCH3 is 1. The van der Waals surface area contributed by atoms with Crippen molar-refractivity contribution < 1.29 is 9.84 Å². The number of halogens is 1. The van der Waals surface area contributed by atoms with Gasteiger partial charge in [-0.05, 0) is 24.6 Å². The van der Waals surface area contributed by atoms with Crippen molar-refractivity contribution in [3.05, 3.63) is 46.2 Å². The van der Waals surface area contributed by atoms with Crippen LogP contribution in [0.2, 0.25) is 5.02 Å². The van der Waals surface area contributed by atoms with Gasteiger partial charge in [0.1, 0.15) is 5.75 Å². The third kappa shape index (κ3) is 3.78. The topological polar surface area (TPSA) is 47.3 Å². The summed E-state index contributed by atoms with van der Waals surface area (Å²) >= 11 is 6.01. The molecule has 1 aromatic heterocycles. The van der Waals surface area contributed by atoms with Gasteiger partial charge in [-0.2, -0.15) is 5.10 Å². The monoisotopic (exact) mass is 304 g/mol. The Hall–Kier alpha value is -1.96. The first-order valence-electron chi connectivity index (χ1n) is 6.60. The first-order chi connectivity index (χ1) is 10.2. The zero-order chi connectivity index (χ0) is 15.2. The average molecular weight is 305 g/mol. The van der Waals surface area contributed by atoms with Crippen LogP contribution in [0.25, 0.3) is 0 Å². The molecule has 0 spiro atoms. The number of benzene rings is 1. The molecule has 0 fully saturated rings. The van der Waals surface area contributed by atoms with Crippen molar-refractivity contribution in [1.82, 2.24) is 9.78 Å². The maximum absolute atomic E-state index is 8.80. The molecule has 0 aliphatic heterocycles. The summed E-state index contributed by atoms with van der Waals surface area (Å²) in [5, 5.41) is 13.7. The van der Waals surface area contributed by atoms with E-state index in [-0.39, 0.29) is 6.61 Å². The molecule has 0 saturated heterocycles. The molecule has 0 saturated carbocycles.